The van der Waals surface area contributed by atoms with Gasteiger partial charge in [0, 0.05) is 17.7 Å². The van der Waals surface area contributed by atoms with Crippen LogP contribution in [0.4, 0.5) is 5.69 Å². The van der Waals surface area contributed by atoms with Crippen molar-refractivity contribution in [1.82, 2.24) is 0 Å². The van der Waals surface area contributed by atoms with Gasteiger partial charge in [-0.3, -0.25) is 4.79 Å². The zero-order valence-corrected chi connectivity index (χ0v) is 14.6. The highest BCUT2D eigenvalue weighted by Gasteiger charge is 2.21. The molecule has 128 valence electrons. The molecule has 1 aliphatic rings. The Morgan fingerprint density at radius 3 is 2.35 bits per heavy atom. The Hall–Kier alpha value is -1.71. The fourth-order valence-corrected chi connectivity index (χ4v) is 3.19. The highest BCUT2D eigenvalue weighted by molar-refractivity contribution is 5.93. The summed E-state index contributed by atoms with van der Waals surface area (Å²) in [5, 5.41) is 3.07. The maximum atomic E-state index is 12.5. The number of amides is 1. The van der Waals surface area contributed by atoms with E-state index in [1.54, 1.807) is 0 Å². The van der Waals surface area contributed by atoms with Crippen molar-refractivity contribution in [1.29, 1.82) is 0 Å². The minimum atomic E-state index is 0.137. The van der Waals surface area contributed by atoms with Gasteiger partial charge in [-0.2, -0.15) is 0 Å². The summed E-state index contributed by atoms with van der Waals surface area (Å²) in [5.41, 5.74) is 1.78. The second kappa shape index (κ2) is 8.80. The van der Waals surface area contributed by atoms with E-state index in [2.05, 4.69) is 5.32 Å². The van der Waals surface area contributed by atoms with Gasteiger partial charge in [0.25, 0.3) is 0 Å². The van der Waals surface area contributed by atoms with Gasteiger partial charge in [-0.05, 0) is 45.2 Å². The molecule has 1 fully saturated rings. The first-order valence-electron chi connectivity index (χ1n) is 8.86. The van der Waals surface area contributed by atoms with E-state index < -0.39 is 0 Å². The molecular weight excluding hydrogens is 290 g/mol. The van der Waals surface area contributed by atoms with Gasteiger partial charge in [-0.25, -0.2) is 0 Å². The van der Waals surface area contributed by atoms with E-state index in [-0.39, 0.29) is 11.8 Å². The molecule has 0 aliphatic heterocycles. The van der Waals surface area contributed by atoms with Crippen LogP contribution >= 0.6 is 0 Å². The summed E-state index contributed by atoms with van der Waals surface area (Å²) in [6.07, 6.45) is 6.82. The molecule has 1 aromatic rings. The summed E-state index contributed by atoms with van der Waals surface area (Å²) in [4.78, 5) is 12.5. The predicted molar refractivity (Wildman–Crippen MR) is 93.3 cm³/mol. The highest BCUT2D eigenvalue weighted by Crippen LogP contribution is 2.35. The fourth-order valence-electron chi connectivity index (χ4n) is 3.19. The molecule has 1 aliphatic carbocycles. The predicted octanol–water partition coefficient (Wildman–Crippen LogP) is 4.70. The minimum absolute atomic E-state index is 0.137. The molecule has 0 unspecified atom stereocenters. The molecule has 1 N–H and O–H groups in total. The number of carbonyl (C=O) groups excluding carboxylic acids is 1. The zero-order chi connectivity index (χ0) is 16.7. The van der Waals surface area contributed by atoms with Gasteiger partial charge in [-0.1, -0.05) is 25.7 Å². The van der Waals surface area contributed by atoms with Crippen molar-refractivity contribution in [2.24, 2.45) is 5.92 Å². The molecule has 0 spiro atoms. The van der Waals surface area contributed by atoms with E-state index >= 15 is 0 Å². The molecule has 4 heteroatoms. The first kappa shape index (κ1) is 17.6. The van der Waals surface area contributed by atoms with E-state index in [0.717, 1.165) is 42.7 Å². The van der Waals surface area contributed by atoms with Gasteiger partial charge in [0.05, 0.1) is 13.2 Å². The first-order valence-corrected chi connectivity index (χ1v) is 8.86. The summed E-state index contributed by atoms with van der Waals surface area (Å²) >= 11 is 0. The van der Waals surface area contributed by atoms with Crippen LogP contribution in [0.1, 0.15) is 57.9 Å². The molecule has 2 rings (SSSR count). The minimum Gasteiger partial charge on any atom is -0.490 e. The van der Waals surface area contributed by atoms with Crippen LogP contribution in [0, 0.1) is 12.8 Å². The highest BCUT2D eigenvalue weighted by atomic mass is 16.5. The molecule has 0 heterocycles. The van der Waals surface area contributed by atoms with E-state index in [9.17, 15) is 4.79 Å². The van der Waals surface area contributed by atoms with Gasteiger partial charge in [-0.15, -0.1) is 0 Å². The second-order valence-corrected chi connectivity index (χ2v) is 6.16. The molecule has 0 radical (unpaired) electrons. The lowest BCUT2D eigenvalue weighted by molar-refractivity contribution is -0.120. The molecular formula is C19H29NO3. The Kier molecular flexibility index (Phi) is 6.75. The summed E-state index contributed by atoms with van der Waals surface area (Å²) in [6, 6.07) is 3.83. The van der Waals surface area contributed by atoms with Crippen LogP contribution < -0.4 is 14.8 Å². The Labute approximate surface area is 139 Å². The summed E-state index contributed by atoms with van der Waals surface area (Å²) in [7, 11) is 0. The maximum absolute atomic E-state index is 12.5. The van der Waals surface area contributed by atoms with Gasteiger partial charge in [0.2, 0.25) is 5.91 Å². The van der Waals surface area contributed by atoms with E-state index in [4.69, 9.17) is 9.47 Å². The molecule has 0 bridgehead atoms. The molecule has 0 saturated heterocycles. The van der Waals surface area contributed by atoms with E-state index in [1.165, 1.54) is 12.8 Å². The van der Waals surface area contributed by atoms with Crippen LogP contribution in [-0.4, -0.2) is 19.1 Å². The number of anilines is 1. The third-order valence-corrected chi connectivity index (χ3v) is 4.32. The Bertz CT molecular complexity index is 520. The second-order valence-electron chi connectivity index (χ2n) is 6.16. The Morgan fingerprint density at radius 2 is 1.74 bits per heavy atom. The lowest BCUT2D eigenvalue weighted by Gasteiger charge is -2.18. The van der Waals surface area contributed by atoms with Gasteiger partial charge >= 0.3 is 0 Å². The van der Waals surface area contributed by atoms with Crippen LogP contribution in [0.5, 0.6) is 11.5 Å². The van der Waals surface area contributed by atoms with Crippen LogP contribution in [0.25, 0.3) is 0 Å². The Morgan fingerprint density at radius 1 is 1.09 bits per heavy atom. The first-order chi connectivity index (χ1) is 11.2. The van der Waals surface area contributed by atoms with Crippen molar-refractivity contribution in [2.75, 3.05) is 18.5 Å². The van der Waals surface area contributed by atoms with Crippen molar-refractivity contribution in [3.05, 3.63) is 17.7 Å². The van der Waals surface area contributed by atoms with Crippen molar-refractivity contribution in [2.45, 2.75) is 59.3 Å². The van der Waals surface area contributed by atoms with Crippen molar-refractivity contribution in [3.8, 4) is 11.5 Å². The van der Waals surface area contributed by atoms with Gasteiger partial charge in [0.15, 0.2) is 11.5 Å². The van der Waals surface area contributed by atoms with Crippen molar-refractivity contribution < 1.29 is 14.3 Å². The molecule has 4 nitrogen and oxygen atoms in total. The standard InChI is InChI=1S/C19H29NO3/c1-4-22-17-13-16(12-14(3)18(17)23-5-2)20-19(21)15-10-8-6-7-9-11-15/h12-13,15H,4-11H2,1-3H3,(H,20,21). The summed E-state index contributed by atoms with van der Waals surface area (Å²) in [5.74, 6) is 1.74. The van der Waals surface area contributed by atoms with Crippen molar-refractivity contribution in [3.63, 3.8) is 0 Å². The fraction of sp³-hybridized carbons (Fsp3) is 0.632. The van der Waals surface area contributed by atoms with Crippen LogP contribution in [0.3, 0.4) is 0 Å². The number of hydrogen-bond donors (Lipinski definition) is 1. The molecule has 0 atom stereocenters. The van der Waals surface area contributed by atoms with Crippen LogP contribution in [0.2, 0.25) is 0 Å². The number of benzene rings is 1. The largest absolute Gasteiger partial charge is 0.490 e. The topological polar surface area (TPSA) is 47.6 Å². The smallest absolute Gasteiger partial charge is 0.227 e. The molecule has 23 heavy (non-hydrogen) atoms. The SMILES string of the molecule is CCOc1cc(NC(=O)C2CCCCCC2)cc(C)c1OCC. The number of nitrogens with one attached hydrogen (secondary N) is 1. The third-order valence-electron chi connectivity index (χ3n) is 4.32. The Balaban J connectivity index is 2.13. The van der Waals surface area contributed by atoms with Gasteiger partial charge in [0.1, 0.15) is 0 Å². The van der Waals surface area contributed by atoms with E-state index in [0.29, 0.717) is 19.0 Å². The molecule has 1 aromatic carbocycles. The average molecular weight is 319 g/mol. The number of carbonyl (C=O) groups is 1. The normalized spacial score (nSPS) is 15.8. The maximum Gasteiger partial charge on any atom is 0.227 e. The molecule has 0 aromatic heterocycles. The average Bonchev–Trinajstić information content (AvgIpc) is 2.80. The number of hydrogen-bond acceptors (Lipinski definition) is 3. The van der Waals surface area contributed by atoms with Crippen molar-refractivity contribution >= 4 is 11.6 Å². The molecule has 1 saturated carbocycles. The zero-order valence-electron chi connectivity index (χ0n) is 14.6. The lowest BCUT2D eigenvalue weighted by Crippen LogP contribution is -2.22. The third kappa shape index (κ3) is 4.88. The van der Waals surface area contributed by atoms with Crippen LogP contribution in [0.15, 0.2) is 12.1 Å². The lowest BCUT2D eigenvalue weighted by atomic mass is 9.99. The van der Waals surface area contributed by atoms with Gasteiger partial charge < -0.3 is 14.8 Å². The number of rotatable bonds is 6. The van der Waals surface area contributed by atoms with E-state index in [1.807, 2.05) is 32.9 Å². The monoisotopic (exact) mass is 319 g/mol. The number of aryl methyl sites for hydroxylation is 1. The number of ether oxygens (including phenoxy) is 2. The molecule has 1 amide bonds. The van der Waals surface area contributed by atoms with Crippen LogP contribution in [-0.2, 0) is 4.79 Å². The summed E-state index contributed by atoms with van der Waals surface area (Å²) in [6.45, 7) is 7.04. The quantitative estimate of drug-likeness (QED) is 0.773. The summed E-state index contributed by atoms with van der Waals surface area (Å²) < 4.78 is 11.4.